The first kappa shape index (κ1) is 15.8. The van der Waals surface area contributed by atoms with Crippen LogP contribution in [-0.4, -0.2) is 20.8 Å². The lowest BCUT2D eigenvalue weighted by Gasteiger charge is -2.21. The van der Waals surface area contributed by atoms with Crippen molar-refractivity contribution >= 4 is 11.3 Å². The monoisotopic (exact) mass is 309 g/mol. The average Bonchev–Trinajstić information content (AvgIpc) is 2.90. The fourth-order valence-corrected chi connectivity index (χ4v) is 3.23. The highest BCUT2D eigenvalue weighted by Gasteiger charge is 2.22. The lowest BCUT2D eigenvalue weighted by molar-refractivity contribution is 0.351. The van der Waals surface area contributed by atoms with Crippen LogP contribution in [0.5, 0.6) is 11.5 Å². The molecule has 114 valence electrons. The molecule has 2 rings (SSSR count). The van der Waals surface area contributed by atoms with Gasteiger partial charge >= 0.3 is 0 Å². The lowest BCUT2D eigenvalue weighted by atomic mass is 9.97. The summed E-state index contributed by atoms with van der Waals surface area (Å²) in [5.41, 5.74) is 2.81. The Hall–Kier alpha value is -1.59. The number of ether oxygens (including phenoxy) is 2. The van der Waals surface area contributed by atoms with E-state index < -0.39 is 0 Å². The van der Waals surface area contributed by atoms with E-state index in [0.29, 0.717) is 17.1 Å². The molecule has 0 spiro atoms. The number of methoxy groups -OCH3 is 2. The third-order valence-corrected chi connectivity index (χ3v) is 4.31. The number of hydrogen-bond donors (Lipinski definition) is 1. The van der Waals surface area contributed by atoms with Gasteiger partial charge < -0.3 is 14.8 Å². The summed E-state index contributed by atoms with van der Waals surface area (Å²) < 4.78 is 24.9. The van der Waals surface area contributed by atoms with Crippen molar-refractivity contribution in [2.75, 3.05) is 20.8 Å². The molecule has 1 N–H and O–H groups in total. The minimum absolute atomic E-state index is 0.193. The van der Waals surface area contributed by atoms with Crippen LogP contribution in [0.25, 0.3) is 0 Å². The van der Waals surface area contributed by atoms with Crippen LogP contribution in [0.2, 0.25) is 0 Å². The van der Waals surface area contributed by atoms with Crippen LogP contribution < -0.4 is 14.8 Å². The summed E-state index contributed by atoms with van der Waals surface area (Å²) >= 11 is 1.62. The Balaban J connectivity index is 2.53. The first-order valence-corrected chi connectivity index (χ1v) is 7.74. The predicted molar refractivity (Wildman–Crippen MR) is 84.1 cm³/mol. The maximum Gasteiger partial charge on any atom is 0.163 e. The van der Waals surface area contributed by atoms with Crippen molar-refractivity contribution in [3.05, 3.63) is 45.4 Å². The van der Waals surface area contributed by atoms with Gasteiger partial charge in [-0.3, -0.25) is 0 Å². The van der Waals surface area contributed by atoms with E-state index in [-0.39, 0.29) is 11.9 Å². The molecule has 0 radical (unpaired) electrons. The SMILES string of the molecule is CCNC(c1cscc1C)c1cc(OC)c(OC)cc1F. The minimum Gasteiger partial charge on any atom is -0.493 e. The van der Waals surface area contributed by atoms with Crippen molar-refractivity contribution in [1.82, 2.24) is 5.32 Å². The van der Waals surface area contributed by atoms with Crippen LogP contribution >= 0.6 is 11.3 Å². The largest absolute Gasteiger partial charge is 0.493 e. The molecule has 1 atom stereocenters. The van der Waals surface area contributed by atoms with Gasteiger partial charge in [0.05, 0.1) is 20.3 Å². The topological polar surface area (TPSA) is 30.5 Å². The Bertz CT molecular complexity index is 612. The van der Waals surface area contributed by atoms with Gasteiger partial charge in [0.25, 0.3) is 0 Å². The first-order chi connectivity index (χ1) is 10.1. The van der Waals surface area contributed by atoms with Crippen molar-refractivity contribution in [3.8, 4) is 11.5 Å². The molecule has 1 aromatic carbocycles. The van der Waals surface area contributed by atoms with Crippen LogP contribution in [0.1, 0.15) is 29.7 Å². The number of halogens is 1. The van der Waals surface area contributed by atoms with Crippen molar-refractivity contribution in [2.45, 2.75) is 19.9 Å². The van der Waals surface area contributed by atoms with E-state index in [4.69, 9.17) is 9.47 Å². The second-order valence-electron chi connectivity index (χ2n) is 4.73. The molecule has 21 heavy (non-hydrogen) atoms. The van der Waals surface area contributed by atoms with E-state index in [1.807, 2.05) is 13.8 Å². The molecule has 1 unspecified atom stereocenters. The number of benzene rings is 1. The molecule has 5 heteroatoms. The van der Waals surface area contributed by atoms with Crippen molar-refractivity contribution < 1.29 is 13.9 Å². The summed E-state index contributed by atoms with van der Waals surface area (Å²) in [6.45, 7) is 4.79. The van der Waals surface area contributed by atoms with Gasteiger partial charge in [0.2, 0.25) is 0 Å². The molecule has 0 bridgehead atoms. The van der Waals surface area contributed by atoms with E-state index >= 15 is 0 Å². The average molecular weight is 309 g/mol. The summed E-state index contributed by atoms with van der Waals surface area (Å²) in [6, 6.07) is 2.89. The number of hydrogen-bond acceptors (Lipinski definition) is 4. The fourth-order valence-electron chi connectivity index (χ4n) is 2.35. The van der Waals surface area contributed by atoms with E-state index in [2.05, 4.69) is 16.1 Å². The molecule has 0 aliphatic carbocycles. The Morgan fingerprint density at radius 3 is 2.33 bits per heavy atom. The Labute approximate surface area is 128 Å². The van der Waals surface area contributed by atoms with Crippen LogP contribution in [0, 0.1) is 12.7 Å². The lowest BCUT2D eigenvalue weighted by Crippen LogP contribution is -2.23. The van der Waals surface area contributed by atoms with Crippen molar-refractivity contribution in [2.24, 2.45) is 0 Å². The zero-order valence-electron chi connectivity index (χ0n) is 12.7. The van der Waals surface area contributed by atoms with E-state index in [9.17, 15) is 4.39 Å². The van der Waals surface area contributed by atoms with E-state index in [0.717, 1.165) is 17.7 Å². The Kier molecular flexibility index (Phi) is 5.20. The highest BCUT2D eigenvalue weighted by molar-refractivity contribution is 7.08. The van der Waals surface area contributed by atoms with E-state index in [1.165, 1.54) is 13.2 Å². The molecule has 0 saturated carbocycles. The second-order valence-corrected chi connectivity index (χ2v) is 5.47. The van der Waals surface area contributed by atoms with Crippen LogP contribution in [-0.2, 0) is 0 Å². The van der Waals surface area contributed by atoms with Gasteiger partial charge in [-0.1, -0.05) is 6.92 Å². The third-order valence-electron chi connectivity index (χ3n) is 3.43. The van der Waals surface area contributed by atoms with Crippen molar-refractivity contribution in [1.29, 1.82) is 0 Å². The van der Waals surface area contributed by atoms with Crippen LogP contribution in [0.15, 0.2) is 22.9 Å². The minimum atomic E-state index is -0.302. The zero-order chi connectivity index (χ0) is 15.4. The number of nitrogens with one attached hydrogen (secondary N) is 1. The standard InChI is InChI=1S/C16H20FNO2S/c1-5-18-16(12-9-21-8-10(12)2)11-6-14(19-3)15(20-4)7-13(11)17/h6-9,16,18H,5H2,1-4H3. The smallest absolute Gasteiger partial charge is 0.163 e. The normalized spacial score (nSPS) is 12.2. The van der Waals surface area contributed by atoms with Gasteiger partial charge in [0.15, 0.2) is 11.5 Å². The fraction of sp³-hybridized carbons (Fsp3) is 0.375. The van der Waals surface area contributed by atoms with Crippen LogP contribution in [0.3, 0.4) is 0 Å². The predicted octanol–water partition coefficient (Wildman–Crippen LogP) is 3.91. The molecule has 1 heterocycles. The van der Waals surface area contributed by atoms with Gasteiger partial charge in [0, 0.05) is 11.6 Å². The molecule has 1 aromatic heterocycles. The molecular weight excluding hydrogens is 289 g/mol. The van der Waals surface area contributed by atoms with Gasteiger partial charge in [-0.05, 0) is 41.4 Å². The highest BCUT2D eigenvalue weighted by atomic mass is 32.1. The number of thiophene rings is 1. The van der Waals surface area contributed by atoms with Gasteiger partial charge in [-0.2, -0.15) is 11.3 Å². The van der Waals surface area contributed by atoms with Crippen LogP contribution in [0.4, 0.5) is 4.39 Å². The number of rotatable bonds is 6. The Morgan fingerprint density at radius 1 is 1.14 bits per heavy atom. The summed E-state index contributed by atoms with van der Waals surface area (Å²) in [4.78, 5) is 0. The third kappa shape index (κ3) is 3.19. The molecule has 0 aliphatic heterocycles. The maximum atomic E-state index is 14.5. The molecule has 0 saturated heterocycles. The summed E-state index contributed by atoms with van der Waals surface area (Å²) in [5, 5.41) is 7.46. The quantitative estimate of drug-likeness (QED) is 0.877. The summed E-state index contributed by atoms with van der Waals surface area (Å²) in [7, 11) is 3.05. The highest BCUT2D eigenvalue weighted by Crippen LogP contribution is 2.36. The summed E-state index contributed by atoms with van der Waals surface area (Å²) in [5.74, 6) is 0.630. The van der Waals surface area contributed by atoms with E-state index in [1.54, 1.807) is 24.5 Å². The molecule has 0 fully saturated rings. The molecular formula is C16H20FNO2S. The molecule has 0 aliphatic rings. The number of aryl methyl sites for hydroxylation is 1. The summed E-state index contributed by atoms with van der Waals surface area (Å²) in [6.07, 6.45) is 0. The first-order valence-electron chi connectivity index (χ1n) is 6.79. The molecule has 3 nitrogen and oxygen atoms in total. The second kappa shape index (κ2) is 6.91. The zero-order valence-corrected chi connectivity index (χ0v) is 13.5. The molecule has 0 amide bonds. The van der Waals surface area contributed by atoms with Crippen molar-refractivity contribution in [3.63, 3.8) is 0 Å². The maximum absolute atomic E-state index is 14.5. The van der Waals surface area contributed by atoms with Gasteiger partial charge in [-0.15, -0.1) is 0 Å². The van der Waals surface area contributed by atoms with Gasteiger partial charge in [-0.25, -0.2) is 4.39 Å². The Morgan fingerprint density at radius 2 is 1.81 bits per heavy atom. The van der Waals surface area contributed by atoms with Gasteiger partial charge in [0.1, 0.15) is 5.82 Å². The molecule has 2 aromatic rings.